The fraction of sp³-hybridized carbons (Fsp3) is 0.222. The van der Waals surface area contributed by atoms with E-state index in [1.807, 2.05) is 6.92 Å². The third-order valence-corrected chi connectivity index (χ3v) is 1.20. The average molecular weight is 152 g/mol. The Labute approximate surface area is 66.5 Å². The maximum absolute atomic E-state index is 10.4. The Morgan fingerprint density at radius 1 is 1.55 bits per heavy atom. The Kier molecular flexibility index (Phi) is 4.82. The van der Waals surface area contributed by atoms with Gasteiger partial charge in [-0.25, -0.2) is 4.79 Å². The van der Waals surface area contributed by atoms with Crippen molar-refractivity contribution in [3.05, 3.63) is 36.5 Å². The van der Waals surface area contributed by atoms with E-state index < -0.39 is 5.97 Å². The molecule has 2 heteroatoms. The molecule has 0 aromatic heterocycles. The molecule has 0 radical (unpaired) electrons. The molecule has 0 spiro atoms. The number of carboxylic acid groups (broad SMARTS) is 1. The molecule has 0 fully saturated rings. The van der Waals surface area contributed by atoms with Crippen LogP contribution in [0.2, 0.25) is 0 Å². The lowest BCUT2D eigenvalue weighted by atomic mass is 10.2. The van der Waals surface area contributed by atoms with E-state index >= 15 is 0 Å². The number of aliphatic carboxylic acids is 1. The monoisotopic (exact) mass is 152 g/mol. The van der Waals surface area contributed by atoms with Crippen molar-refractivity contribution < 1.29 is 9.90 Å². The number of carbonyl (C=O) groups is 1. The molecule has 11 heavy (non-hydrogen) atoms. The minimum atomic E-state index is -0.860. The van der Waals surface area contributed by atoms with Crippen molar-refractivity contribution in [3.63, 3.8) is 0 Å². The highest BCUT2D eigenvalue weighted by Crippen LogP contribution is 2.00. The zero-order valence-corrected chi connectivity index (χ0v) is 6.58. The molecule has 0 amide bonds. The van der Waals surface area contributed by atoms with Crippen molar-refractivity contribution in [3.8, 4) is 0 Å². The lowest BCUT2D eigenvalue weighted by Crippen LogP contribution is -1.97. The first-order valence-corrected chi connectivity index (χ1v) is 3.44. The van der Waals surface area contributed by atoms with Gasteiger partial charge in [-0.15, -0.1) is 0 Å². The van der Waals surface area contributed by atoms with Crippen molar-refractivity contribution >= 4 is 5.97 Å². The molecular formula is C9H12O2. The predicted molar refractivity (Wildman–Crippen MR) is 45.3 cm³/mol. The number of hydrogen-bond donors (Lipinski definition) is 1. The lowest BCUT2D eigenvalue weighted by molar-refractivity contribution is -0.132. The Hall–Kier alpha value is -1.31. The van der Waals surface area contributed by atoms with Crippen LogP contribution in [0.4, 0.5) is 0 Å². The van der Waals surface area contributed by atoms with E-state index in [9.17, 15) is 4.79 Å². The molecule has 0 aromatic rings. The summed E-state index contributed by atoms with van der Waals surface area (Å²) in [5.74, 6) is -0.860. The van der Waals surface area contributed by atoms with Gasteiger partial charge in [-0.05, 0) is 6.42 Å². The molecule has 0 atom stereocenters. The van der Waals surface area contributed by atoms with Crippen LogP contribution in [-0.2, 0) is 4.79 Å². The summed E-state index contributed by atoms with van der Waals surface area (Å²) in [7, 11) is 0. The van der Waals surface area contributed by atoms with Crippen LogP contribution in [0.3, 0.4) is 0 Å². The molecule has 0 saturated carbocycles. The first-order valence-electron chi connectivity index (χ1n) is 3.44. The zero-order chi connectivity index (χ0) is 8.69. The van der Waals surface area contributed by atoms with Gasteiger partial charge in [0.1, 0.15) is 0 Å². The number of carboxylic acids is 1. The molecule has 0 unspecified atom stereocenters. The van der Waals surface area contributed by atoms with Crippen LogP contribution >= 0.6 is 0 Å². The van der Waals surface area contributed by atoms with Crippen LogP contribution in [-0.4, -0.2) is 11.1 Å². The van der Waals surface area contributed by atoms with Crippen LogP contribution in [0.5, 0.6) is 0 Å². The van der Waals surface area contributed by atoms with Gasteiger partial charge in [-0.2, -0.15) is 0 Å². The topological polar surface area (TPSA) is 37.3 Å². The molecule has 0 aromatic carbocycles. The Morgan fingerprint density at radius 3 is 2.55 bits per heavy atom. The van der Waals surface area contributed by atoms with E-state index in [2.05, 4.69) is 6.58 Å². The molecule has 2 nitrogen and oxygen atoms in total. The second kappa shape index (κ2) is 5.47. The Morgan fingerprint density at radius 2 is 2.18 bits per heavy atom. The van der Waals surface area contributed by atoms with Crippen molar-refractivity contribution in [2.24, 2.45) is 0 Å². The fourth-order valence-electron chi connectivity index (χ4n) is 0.591. The fourth-order valence-corrected chi connectivity index (χ4v) is 0.591. The summed E-state index contributed by atoms with van der Waals surface area (Å²) >= 11 is 0. The maximum atomic E-state index is 10.4. The van der Waals surface area contributed by atoms with Gasteiger partial charge in [0, 0.05) is 5.57 Å². The summed E-state index contributed by atoms with van der Waals surface area (Å²) in [6.07, 6.45) is 7.07. The summed E-state index contributed by atoms with van der Waals surface area (Å²) in [5, 5.41) is 8.54. The zero-order valence-electron chi connectivity index (χ0n) is 6.58. The lowest BCUT2D eigenvalue weighted by Gasteiger charge is -1.92. The largest absolute Gasteiger partial charge is 0.478 e. The normalized spacial score (nSPS) is 11.9. The van der Waals surface area contributed by atoms with Gasteiger partial charge >= 0.3 is 5.97 Å². The smallest absolute Gasteiger partial charge is 0.331 e. The second-order valence-corrected chi connectivity index (χ2v) is 1.97. The van der Waals surface area contributed by atoms with E-state index in [0.717, 1.165) is 0 Å². The summed E-state index contributed by atoms with van der Waals surface area (Å²) in [5.41, 5.74) is 0.406. The summed E-state index contributed by atoms with van der Waals surface area (Å²) in [4.78, 5) is 10.4. The predicted octanol–water partition coefficient (Wildman–Crippen LogP) is 2.15. The van der Waals surface area contributed by atoms with E-state index in [-0.39, 0.29) is 0 Å². The molecule has 0 aliphatic rings. The van der Waals surface area contributed by atoms with Gasteiger partial charge in [-0.3, -0.25) is 0 Å². The third kappa shape index (κ3) is 4.14. The SMILES string of the molecule is C=CC=CC=C(CC)C(=O)O. The van der Waals surface area contributed by atoms with Gasteiger partial charge in [0.15, 0.2) is 0 Å². The number of rotatable bonds is 4. The van der Waals surface area contributed by atoms with Crippen molar-refractivity contribution in [1.82, 2.24) is 0 Å². The summed E-state index contributed by atoms with van der Waals surface area (Å²) in [6, 6.07) is 0. The first-order chi connectivity index (χ1) is 5.22. The van der Waals surface area contributed by atoms with Crippen molar-refractivity contribution in [2.45, 2.75) is 13.3 Å². The van der Waals surface area contributed by atoms with Crippen LogP contribution < -0.4 is 0 Å². The molecule has 60 valence electrons. The van der Waals surface area contributed by atoms with Crippen molar-refractivity contribution in [1.29, 1.82) is 0 Å². The second-order valence-electron chi connectivity index (χ2n) is 1.97. The quantitative estimate of drug-likeness (QED) is 0.495. The molecular weight excluding hydrogens is 140 g/mol. The minimum Gasteiger partial charge on any atom is -0.478 e. The van der Waals surface area contributed by atoms with Crippen LogP contribution in [0.1, 0.15) is 13.3 Å². The summed E-state index contributed by atoms with van der Waals surface area (Å²) in [6.45, 7) is 5.27. The molecule has 0 heterocycles. The van der Waals surface area contributed by atoms with Gasteiger partial charge < -0.3 is 5.11 Å². The number of hydrogen-bond acceptors (Lipinski definition) is 1. The van der Waals surface area contributed by atoms with Gasteiger partial charge in [0.25, 0.3) is 0 Å². The van der Waals surface area contributed by atoms with Gasteiger partial charge in [0.2, 0.25) is 0 Å². The van der Waals surface area contributed by atoms with E-state index in [4.69, 9.17) is 5.11 Å². The maximum Gasteiger partial charge on any atom is 0.331 e. The Bertz CT molecular complexity index is 200. The van der Waals surface area contributed by atoms with Crippen molar-refractivity contribution in [2.75, 3.05) is 0 Å². The highest BCUT2D eigenvalue weighted by atomic mass is 16.4. The first kappa shape index (κ1) is 9.69. The molecule has 0 saturated heterocycles. The van der Waals surface area contributed by atoms with E-state index in [1.165, 1.54) is 0 Å². The molecule has 0 aliphatic carbocycles. The van der Waals surface area contributed by atoms with Crippen LogP contribution in [0, 0.1) is 0 Å². The van der Waals surface area contributed by atoms with Crippen LogP contribution in [0.15, 0.2) is 36.5 Å². The highest BCUT2D eigenvalue weighted by molar-refractivity contribution is 5.86. The van der Waals surface area contributed by atoms with E-state index in [1.54, 1.807) is 24.3 Å². The number of allylic oxidation sites excluding steroid dienone is 4. The molecule has 1 N–H and O–H groups in total. The van der Waals surface area contributed by atoms with Crippen LogP contribution in [0.25, 0.3) is 0 Å². The highest BCUT2D eigenvalue weighted by Gasteiger charge is 2.00. The molecule has 0 bridgehead atoms. The minimum absolute atomic E-state index is 0.406. The van der Waals surface area contributed by atoms with E-state index in [0.29, 0.717) is 12.0 Å². The van der Waals surface area contributed by atoms with Gasteiger partial charge in [-0.1, -0.05) is 37.8 Å². The van der Waals surface area contributed by atoms with Gasteiger partial charge in [0.05, 0.1) is 0 Å². The average Bonchev–Trinajstić information content (AvgIpc) is 1.97. The Balaban J connectivity index is 4.23. The summed E-state index contributed by atoms with van der Waals surface area (Å²) < 4.78 is 0. The third-order valence-electron chi connectivity index (χ3n) is 1.20. The molecule has 0 aliphatic heterocycles. The molecule has 0 rings (SSSR count). The standard InChI is InChI=1S/C9H12O2/c1-3-5-6-7-8(4-2)9(10)11/h3,5-7H,1,4H2,2H3,(H,10,11).